The molecule has 1 N–H and O–H groups in total. The SMILES string of the molecule is COc1ccc(N(C)C(=O)CC2(O)CCCCC2)cc1F. The van der Waals surface area contributed by atoms with Crippen molar-refractivity contribution < 1.29 is 19.0 Å². The molecule has 0 saturated heterocycles. The molecule has 1 aromatic rings. The molecule has 0 aliphatic heterocycles. The minimum Gasteiger partial charge on any atom is -0.494 e. The summed E-state index contributed by atoms with van der Waals surface area (Å²) in [6.07, 6.45) is 4.40. The zero-order valence-corrected chi connectivity index (χ0v) is 12.6. The van der Waals surface area contributed by atoms with Crippen molar-refractivity contribution in [2.75, 3.05) is 19.1 Å². The summed E-state index contributed by atoms with van der Waals surface area (Å²) in [6.45, 7) is 0. The Kier molecular flexibility index (Phi) is 4.83. The van der Waals surface area contributed by atoms with E-state index in [1.807, 2.05) is 0 Å². The third kappa shape index (κ3) is 3.73. The molecule has 1 fully saturated rings. The van der Waals surface area contributed by atoms with Crippen LogP contribution in [0, 0.1) is 5.82 Å². The highest BCUT2D eigenvalue weighted by Crippen LogP contribution is 2.32. The highest BCUT2D eigenvalue weighted by molar-refractivity contribution is 5.93. The molecule has 2 rings (SSSR count). The second-order valence-electron chi connectivity index (χ2n) is 5.73. The normalized spacial score (nSPS) is 17.3. The maximum absolute atomic E-state index is 13.7. The van der Waals surface area contributed by atoms with Gasteiger partial charge in [0.1, 0.15) is 0 Å². The molecule has 0 aromatic heterocycles. The third-order valence-electron chi connectivity index (χ3n) is 4.16. The van der Waals surface area contributed by atoms with Crippen molar-refractivity contribution in [3.63, 3.8) is 0 Å². The van der Waals surface area contributed by atoms with Crippen molar-refractivity contribution in [3.05, 3.63) is 24.0 Å². The Balaban J connectivity index is 2.06. The van der Waals surface area contributed by atoms with Gasteiger partial charge in [0.25, 0.3) is 0 Å². The van der Waals surface area contributed by atoms with E-state index in [0.717, 1.165) is 19.3 Å². The number of amides is 1. The van der Waals surface area contributed by atoms with E-state index in [0.29, 0.717) is 18.5 Å². The molecule has 0 atom stereocenters. The highest BCUT2D eigenvalue weighted by atomic mass is 19.1. The summed E-state index contributed by atoms with van der Waals surface area (Å²) in [4.78, 5) is 13.7. The van der Waals surface area contributed by atoms with E-state index in [9.17, 15) is 14.3 Å². The molecule has 0 spiro atoms. The topological polar surface area (TPSA) is 49.8 Å². The van der Waals surface area contributed by atoms with Crippen molar-refractivity contribution in [2.24, 2.45) is 0 Å². The van der Waals surface area contributed by atoms with E-state index < -0.39 is 11.4 Å². The molecular weight excluding hydrogens is 273 g/mol. The molecule has 0 bridgehead atoms. The molecule has 21 heavy (non-hydrogen) atoms. The number of nitrogens with zero attached hydrogens (tertiary/aromatic N) is 1. The number of benzene rings is 1. The van der Waals surface area contributed by atoms with Gasteiger partial charge in [-0.1, -0.05) is 19.3 Å². The monoisotopic (exact) mass is 295 g/mol. The van der Waals surface area contributed by atoms with Crippen molar-refractivity contribution in [3.8, 4) is 5.75 Å². The van der Waals surface area contributed by atoms with Crippen LogP contribution >= 0.6 is 0 Å². The lowest BCUT2D eigenvalue weighted by molar-refractivity contribution is -0.124. The van der Waals surface area contributed by atoms with Crippen LogP contribution in [0.1, 0.15) is 38.5 Å². The second kappa shape index (κ2) is 6.43. The molecule has 116 valence electrons. The Morgan fingerprint density at radius 3 is 2.62 bits per heavy atom. The first-order chi connectivity index (χ1) is 9.95. The smallest absolute Gasteiger partial charge is 0.229 e. The van der Waals surface area contributed by atoms with E-state index in [1.54, 1.807) is 13.1 Å². The fourth-order valence-electron chi connectivity index (χ4n) is 2.79. The molecule has 0 heterocycles. The van der Waals surface area contributed by atoms with Crippen LogP contribution in [0.25, 0.3) is 0 Å². The van der Waals surface area contributed by atoms with Crippen molar-refractivity contribution >= 4 is 11.6 Å². The number of aliphatic hydroxyl groups is 1. The maximum Gasteiger partial charge on any atom is 0.229 e. The van der Waals surface area contributed by atoms with Crippen LogP contribution in [0.3, 0.4) is 0 Å². The molecule has 5 heteroatoms. The van der Waals surface area contributed by atoms with Crippen LogP contribution in [0.4, 0.5) is 10.1 Å². The number of carbonyl (C=O) groups excluding carboxylic acids is 1. The van der Waals surface area contributed by atoms with Gasteiger partial charge in [0.15, 0.2) is 11.6 Å². The van der Waals surface area contributed by atoms with Crippen LogP contribution in [0.15, 0.2) is 18.2 Å². The first kappa shape index (κ1) is 15.8. The Hall–Kier alpha value is -1.62. The van der Waals surface area contributed by atoms with Gasteiger partial charge in [0.05, 0.1) is 19.1 Å². The first-order valence-corrected chi connectivity index (χ1v) is 7.28. The number of anilines is 1. The quantitative estimate of drug-likeness (QED) is 0.929. The standard InChI is InChI=1S/C16H22FNO3/c1-18(12-6-7-14(21-2)13(17)10-12)15(19)11-16(20)8-4-3-5-9-16/h6-7,10,20H,3-5,8-9,11H2,1-2H3. The second-order valence-corrected chi connectivity index (χ2v) is 5.73. The minimum absolute atomic E-state index is 0.0805. The Morgan fingerprint density at radius 2 is 2.05 bits per heavy atom. The van der Waals surface area contributed by atoms with Crippen LogP contribution in [-0.4, -0.2) is 30.8 Å². The Labute approximate surface area is 124 Å². The van der Waals surface area contributed by atoms with E-state index in [2.05, 4.69) is 0 Å². The largest absolute Gasteiger partial charge is 0.494 e. The number of carbonyl (C=O) groups is 1. The van der Waals surface area contributed by atoms with Gasteiger partial charge in [-0.15, -0.1) is 0 Å². The number of rotatable bonds is 4. The predicted octanol–water partition coefficient (Wildman–Crippen LogP) is 2.88. The van der Waals surface area contributed by atoms with Crippen LogP contribution in [0.2, 0.25) is 0 Å². The van der Waals surface area contributed by atoms with Crippen molar-refractivity contribution in [1.29, 1.82) is 0 Å². The number of hydrogen-bond donors (Lipinski definition) is 1. The summed E-state index contributed by atoms with van der Waals surface area (Å²) in [5.74, 6) is -0.569. The van der Waals surface area contributed by atoms with Gasteiger partial charge in [-0.2, -0.15) is 0 Å². The van der Waals surface area contributed by atoms with Gasteiger partial charge >= 0.3 is 0 Å². The average molecular weight is 295 g/mol. The highest BCUT2D eigenvalue weighted by Gasteiger charge is 2.33. The number of hydrogen-bond acceptors (Lipinski definition) is 3. The molecule has 0 unspecified atom stereocenters. The molecule has 1 aromatic carbocycles. The molecule has 1 amide bonds. The van der Waals surface area contributed by atoms with Crippen molar-refractivity contribution in [2.45, 2.75) is 44.1 Å². The van der Waals surface area contributed by atoms with E-state index in [-0.39, 0.29) is 18.1 Å². The van der Waals surface area contributed by atoms with Gasteiger partial charge in [-0.3, -0.25) is 4.79 Å². The van der Waals surface area contributed by atoms with Gasteiger partial charge in [-0.05, 0) is 25.0 Å². The van der Waals surface area contributed by atoms with E-state index >= 15 is 0 Å². The average Bonchev–Trinajstić information content (AvgIpc) is 2.46. The minimum atomic E-state index is -0.908. The zero-order chi connectivity index (χ0) is 15.5. The summed E-state index contributed by atoms with van der Waals surface area (Å²) in [7, 11) is 2.99. The van der Waals surface area contributed by atoms with Gasteiger partial charge in [-0.25, -0.2) is 4.39 Å². The molecular formula is C16H22FNO3. The summed E-state index contributed by atoms with van der Waals surface area (Å²) in [5.41, 5.74) is -0.452. The summed E-state index contributed by atoms with van der Waals surface area (Å²) in [5, 5.41) is 10.4. The summed E-state index contributed by atoms with van der Waals surface area (Å²) in [6, 6.07) is 4.39. The molecule has 1 saturated carbocycles. The summed E-state index contributed by atoms with van der Waals surface area (Å²) >= 11 is 0. The van der Waals surface area contributed by atoms with Crippen LogP contribution in [0.5, 0.6) is 5.75 Å². The zero-order valence-electron chi connectivity index (χ0n) is 12.6. The third-order valence-corrected chi connectivity index (χ3v) is 4.16. The maximum atomic E-state index is 13.7. The first-order valence-electron chi connectivity index (χ1n) is 7.28. The van der Waals surface area contributed by atoms with E-state index in [1.165, 1.54) is 24.1 Å². The van der Waals surface area contributed by atoms with E-state index in [4.69, 9.17) is 4.74 Å². The lowest BCUT2D eigenvalue weighted by Gasteiger charge is -2.32. The van der Waals surface area contributed by atoms with Crippen LogP contribution < -0.4 is 9.64 Å². The molecule has 1 aliphatic carbocycles. The fourth-order valence-corrected chi connectivity index (χ4v) is 2.79. The lowest BCUT2D eigenvalue weighted by atomic mass is 9.82. The Morgan fingerprint density at radius 1 is 1.38 bits per heavy atom. The van der Waals surface area contributed by atoms with Gasteiger partial charge < -0.3 is 14.7 Å². The molecule has 1 aliphatic rings. The predicted molar refractivity (Wildman–Crippen MR) is 79.0 cm³/mol. The Bertz CT molecular complexity index is 512. The van der Waals surface area contributed by atoms with Crippen LogP contribution in [-0.2, 0) is 4.79 Å². The molecule has 0 radical (unpaired) electrons. The summed E-state index contributed by atoms with van der Waals surface area (Å²) < 4.78 is 18.6. The fraction of sp³-hybridized carbons (Fsp3) is 0.562. The lowest BCUT2D eigenvalue weighted by Crippen LogP contribution is -2.39. The van der Waals surface area contributed by atoms with Crippen molar-refractivity contribution in [1.82, 2.24) is 0 Å². The van der Waals surface area contributed by atoms with Gasteiger partial charge in [0, 0.05) is 18.8 Å². The number of ether oxygens (including phenoxy) is 1. The number of methoxy groups -OCH3 is 1. The number of halogens is 1. The van der Waals surface area contributed by atoms with Gasteiger partial charge in [0.2, 0.25) is 5.91 Å². The molecule has 4 nitrogen and oxygen atoms in total.